The number of alkyl halides is 1. The van der Waals surface area contributed by atoms with Crippen LogP contribution in [-0.2, 0) is 10.1 Å². The standard InChI is InChI=1S/C10H9BrFN3O2/c11-5-6-7(12)1-3-13-9(6)15-4-2-8(16)14-10(15)17/h1,3H,2,4-5H2,(H,14,16,17). The van der Waals surface area contributed by atoms with Gasteiger partial charge in [-0.15, -0.1) is 0 Å². The average Bonchev–Trinajstić information content (AvgIpc) is 2.29. The third-order valence-electron chi connectivity index (χ3n) is 2.42. The Kier molecular flexibility index (Phi) is 3.37. The van der Waals surface area contributed by atoms with E-state index in [0.717, 1.165) is 0 Å². The zero-order valence-corrected chi connectivity index (χ0v) is 10.3. The summed E-state index contributed by atoms with van der Waals surface area (Å²) in [7, 11) is 0. The zero-order valence-electron chi connectivity index (χ0n) is 8.74. The second-order valence-electron chi connectivity index (χ2n) is 3.48. The number of rotatable bonds is 2. The van der Waals surface area contributed by atoms with Gasteiger partial charge < -0.3 is 0 Å². The lowest BCUT2D eigenvalue weighted by molar-refractivity contribution is -0.120. The molecule has 0 spiro atoms. The van der Waals surface area contributed by atoms with Crippen LogP contribution in [0.5, 0.6) is 0 Å². The van der Waals surface area contributed by atoms with Gasteiger partial charge in [-0.25, -0.2) is 14.2 Å². The molecular weight excluding hydrogens is 293 g/mol. The highest BCUT2D eigenvalue weighted by Crippen LogP contribution is 2.24. The molecule has 1 aromatic heterocycles. The Morgan fingerprint density at radius 1 is 1.53 bits per heavy atom. The summed E-state index contributed by atoms with van der Waals surface area (Å²) >= 11 is 3.15. The van der Waals surface area contributed by atoms with E-state index in [9.17, 15) is 14.0 Å². The molecule has 1 fully saturated rings. The fraction of sp³-hybridized carbons (Fsp3) is 0.300. The van der Waals surface area contributed by atoms with Crippen LogP contribution in [0.2, 0.25) is 0 Å². The molecule has 2 rings (SSSR count). The first-order valence-corrected chi connectivity index (χ1v) is 6.06. The molecule has 0 radical (unpaired) electrons. The van der Waals surface area contributed by atoms with Gasteiger partial charge in [0.1, 0.15) is 11.6 Å². The summed E-state index contributed by atoms with van der Waals surface area (Å²) in [6.45, 7) is 0.209. The fourth-order valence-electron chi connectivity index (χ4n) is 1.58. The van der Waals surface area contributed by atoms with Crippen molar-refractivity contribution in [3.8, 4) is 0 Å². The zero-order chi connectivity index (χ0) is 12.4. The summed E-state index contributed by atoms with van der Waals surface area (Å²) in [6.07, 6.45) is 1.48. The van der Waals surface area contributed by atoms with Crippen molar-refractivity contribution in [2.75, 3.05) is 11.4 Å². The van der Waals surface area contributed by atoms with Gasteiger partial charge in [-0.1, -0.05) is 15.9 Å². The molecule has 1 aliphatic rings. The van der Waals surface area contributed by atoms with E-state index in [-0.39, 0.29) is 30.0 Å². The molecule has 7 heteroatoms. The number of nitrogens with zero attached hydrogens (tertiary/aromatic N) is 2. The van der Waals surface area contributed by atoms with E-state index in [4.69, 9.17) is 0 Å². The number of hydrogen-bond acceptors (Lipinski definition) is 3. The van der Waals surface area contributed by atoms with Crippen molar-refractivity contribution in [3.63, 3.8) is 0 Å². The summed E-state index contributed by atoms with van der Waals surface area (Å²) in [4.78, 5) is 27.9. The van der Waals surface area contributed by atoms with E-state index < -0.39 is 11.8 Å². The number of aromatic nitrogens is 1. The maximum Gasteiger partial charge on any atom is 0.329 e. The van der Waals surface area contributed by atoms with Crippen LogP contribution in [0.1, 0.15) is 12.0 Å². The van der Waals surface area contributed by atoms with Crippen LogP contribution in [0, 0.1) is 5.82 Å². The van der Waals surface area contributed by atoms with Crippen LogP contribution < -0.4 is 10.2 Å². The molecule has 1 aliphatic heterocycles. The summed E-state index contributed by atoms with van der Waals surface area (Å²) < 4.78 is 13.5. The number of carbonyl (C=O) groups excluding carboxylic acids is 2. The molecule has 90 valence electrons. The first-order chi connectivity index (χ1) is 8.13. The van der Waals surface area contributed by atoms with Gasteiger partial charge in [0.15, 0.2) is 0 Å². The lowest BCUT2D eigenvalue weighted by Crippen LogP contribution is -2.50. The number of halogens is 2. The molecule has 0 aromatic carbocycles. The predicted molar refractivity (Wildman–Crippen MR) is 62.3 cm³/mol. The molecular formula is C10H9BrFN3O2. The smallest absolute Gasteiger partial charge is 0.278 e. The molecule has 0 aliphatic carbocycles. The van der Waals surface area contributed by atoms with Crippen molar-refractivity contribution in [1.82, 2.24) is 10.3 Å². The minimum atomic E-state index is -0.568. The topological polar surface area (TPSA) is 62.3 Å². The molecule has 0 bridgehead atoms. The number of amides is 3. The first-order valence-electron chi connectivity index (χ1n) is 4.94. The molecule has 1 saturated heterocycles. The van der Waals surface area contributed by atoms with Gasteiger partial charge in [0, 0.05) is 30.1 Å². The first kappa shape index (κ1) is 12.0. The number of nitrogens with one attached hydrogen (secondary N) is 1. The SMILES string of the molecule is O=C1CCN(c2nccc(F)c2CBr)C(=O)N1. The number of carbonyl (C=O) groups is 2. The molecule has 1 N–H and O–H groups in total. The average molecular weight is 302 g/mol. The summed E-state index contributed by atoms with van der Waals surface area (Å²) in [6, 6.07) is 0.661. The van der Waals surface area contributed by atoms with Gasteiger partial charge >= 0.3 is 6.03 Å². The Labute approximate surface area is 105 Å². The molecule has 5 nitrogen and oxygen atoms in total. The largest absolute Gasteiger partial charge is 0.329 e. The van der Waals surface area contributed by atoms with E-state index in [1.165, 1.54) is 17.2 Å². The Balaban J connectivity index is 2.37. The quantitative estimate of drug-likeness (QED) is 0.843. The van der Waals surface area contributed by atoms with Crippen molar-refractivity contribution in [1.29, 1.82) is 0 Å². The molecule has 0 unspecified atom stereocenters. The van der Waals surface area contributed by atoms with E-state index in [1.54, 1.807) is 0 Å². The van der Waals surface area contributed by atoms with E-state index in [0.29, 0.717) is 5.56 Å². The number of anilines is 1. The number of imide groups is 1. The fourth-order valence-corrected chi connectivity index (χ4v) is 2.10. The highest BCUT2D eigenvalue weighted by Gasteiger charge is 2.27. The van der Waals surface area contributed by atoms with Gasteiger partial charge in [0.05, 0.1) is 0 Å². The van der Waals surface area contributed by atoms with Gasteiger partial charge in [-0.3, -0.25) is 15.0 Å². The second-order valence-corrected chi connectivity index (χ2v) is 4.04. The van der Waals surface area contributed by atoms with Crippen molar-refractivity contribution in [2.45, 2.75) is 11.8 Å². The lowest BCUT2D eigenvalue weighted by atomic mass is 10.2. The molecule has 0 atom stereocenters. The van der Waals surface area contributed by atoms with Crippen LogP contribution in [0.15, 0.2) is 12.3 Å². The van der Waals surface area contributed by atoms with Crippen molar-refractivity contribution >= 4 is 33.7 Å². The minimum Gasteiger partial charge on any atom is -0.278 e. The van der Waals surface area contributed by atoms with Crippen LogP contribution in [0.3, 0.4) is 0 Å². The van der Waals surface area contributed by atoms with Gasteiger partial charge in [0.25, 0.3) is 0 Å². The number of urea groups is 1. The molecule has 2 heterocycles. The van der Waals surface area contributed by atoms with Crippen LogP contribution in [0.4, 0.5) is 15.0 Å². The summed E-state index contributed by atoms with van der Waals surface area (Å²) in [5.74, 6) is -0.522. The Bertz CT molecular complexity index is 481. The molecule has 3 amide bonds. The Morgan fingerprint density at radius 3 is 2.94 bits per heavy atom. The summed E-state index contributed by atoms with van der Waals surface area (Å²) in [5, 5.41) is 2.42. The number of hydrogen-bond donors (Lipinski definition) is 1. The highest BCUT2D eigenvalue weighted by atomic mass is 79.9. The Morgan fingerprint density at radius 2 is 2.29 bits per heavy atom. The summed E-state index contributed by atoms with van der Waals surface area (Å²) in [5.41, 5.74) is 0.303. The monoisotopic (exact) mass is 301 g/mol. The maximum atomic E-state index is 13.5. The van der Waals surface area contributed by atoms with Gasteiger partial charge in [0.2, 0.25) is 5.91 Å². The third-order valence-corrected chi connectivity index (χ3v) is 2.98. The van der Waals surface area contributed by atoms with Crippen LogP contribution in [0.25, 0.3) is 0 Å². The van der Waals surface area contributed by atoms with Gasteiger partial charge in [-0.05, 0) is 6.07 Å². The second kappa shape index (κ2) is 4.79. The van der Waals surface area contributed by atoms with E-state index in [2.05, 4.69) is 26.2 Å². The number of pyridine rings is 1. The van der Waals surface area contributed by atoms with Crippen molar-refractivity contribution < 1.29 is 14.0 Å². The van der Waals surface area contributed by atoms with Gasteiger partial charge in [-0.2, -0.15) is 0 Å². The minimum absolute atomic E-state index is 0.186. The van der Waals surface area contributed by atoms with E-state index in [1.807, 2.05) is 0 Å². The third kappa shape index (κ3) is 2.28. The Hall–Kier alpha value is -1.50. The van der Waals surface area contributed by atoms with Crippen molar-refractivity contribution in [3.05, 3.63) is 23.6 Å². The maximum absolute atomic E-state index is 13.5. The molecule has 17 heavy (non-hydrogen) atoms. The molecule has 0 saturated carbocycles. The van der Waals surface area contributed by atoms with Crippen molar-refractivity contribution in [2.24, 2.45) is 0 Å². The lowest BCUT2D eigenvalue weighted by Gasteiger charge is -2.26. The van der Waals surface area contributed by atoms with Crippen LogP contribution in [-0.4, -0.2) is 23.5 Å². The van der Waals surface area contributed by atoms with Crippen LogP contribution >= 0.6 is 15.9 Å². The molecule has 1 aromatic rings. The normalized spacial score (nSPS) is 16.0. The predicted octanol–water partition coefficient (Wildman–Crippen LogP) is 1.56. The highest BCUT2D eigenvalue weighted by molar-refractivity contribution is 9.08. The van der Waals surface area contributed by atoms with E-state index >= 15 is 0 Å².